The van der Waals surface area contributed by atoms with Crippen molar-refractivity contribution in [2.24, 2.45) is 0 Å². The van der Waals surface area contributed by atoms with Gasteiger partial charge in [-0.25, -0.2) is 8.42 Å². The molecule has 0 spiro atoms. The number of benzene rings is 1. The smallest absolute Gasteiger partial charge is 0.238 e. The van der Waals surface area contributed by atoms with E-state index in [1.165, 1.54) is 0 Å². The van der Waals surface area contributed by atoms with Crippen LogP contribution < -0.4 is 0 Å². The SMILES string of the molecule is Cc1c(CS(=O)(=O)Cl)noc1-c1ccc(Cl)c(Cl)c1. The fraction of sp³-hybridized carbons (Fsp3) is 0.182. The quantitative estimate of drug-likeness (QED) is 0.792. The first-order chi connectivity index (χ1) is 8.78. The molecule has 1 aromatic heterocycles. The van der Waals surface area contributed by atoms with Crippen LogP contribution in [0.3, 0.4) is 0 Å². The Hall–Kier alpha value is -0.750. The Bertz CT molecular complexity index is 725. The topological polar surface area (TPSA) is 60.2 Å². The van der Waals surface area contributed by atoms with E-state index in [9.17, 15) is 8.42 Å². The van der Waals surface area contributed by atoms with Gasteiger partial charge in [0.25, 0.3) is 0 Å². The molecule has 2 rings (SSSR count). The second kappa shape index (κ2) is 5.32. The molecule has 0 aliphatic rings. The molecule has 1 heterocycles. The zero-order valence-electron chi connectivity index (χ0n) is 9.65. The molecule has 0 N–H and O–H groups in total. The maximum Gasteiger partial charge on any atom is 0.238 e. The number of halogens is 3. The molecule has 0 fully saturated rings. The van der Waals surface area contributed by atoms with Gasteiger partial charge in [-0.2, -0.15) is 0 Å². The summed E-state index contributed by atoms with van der Waals surface area (Å²) in [6, 6.07) is 4.95. The summed E-state index contributed by atoms with van der Waals surface area (Å²) in [6.45, 7) is 1.70. The minimum atomic E-state index is -3.68. The predicted molar refractivity (Wildman–Crippen MR) is 75.2 cm³/mol. The van der Waals surface area contributed by atoms with Gasteiger partial charge < -0.3 is 4.52 Å². The van der Waals surface area contributed by atoms with E-state index in [0.29, 0.717) is 26.9 Å². The summed E-state index contributed by atoms with van der Waals surface area (Å²) in [6.07, 6.45) is 0. The molecular weight excluding hydrogens is 333 g/mol. The third-order valence-corrected chi connectivity index (χ3v) is 4.20. The van der Waals surface area contributed by atoms with Crippen LogP contribution in [0.15, 0.2) is 22.7 Å². The van der Waals surface area contributed by atoms with Crippen molar-refractivity contribution >= 4 is 42.9 Å². The average Bonchev–Trinajstić information content (AvgIpc) is 2.63. The highest BCUT2D eigenvalue weighted by Crippen LogP contribution is 2.31. The summed E-state index contributed by atoms with van der Waals surface area (Å²) >= 11 is 11.7. The van der Waals surface area contributed by atoms with Crippen molar-refractivity contribution in [1.29, 1.82) is 0 Å². The maximum absolute atomic E-state index is 11.0. The Morgan fingerprint density at radius 1 is 1.26 bits per heavy atom. The van der Waals surface area contributed by atoms with Gasteiger partial charge in [0.1, 0.15) is 11.4 Å². The predicted octanol–water partition coefficient (Wildman–Crippen LogP) is 4.03. The van der Waals surface area contributed by atoms with Gasteiger partial charge in [-0.05, 0) is 25.1 Å². The summed E-state index contributed by atoms with van der Waals surface area (Å²) in [7, 11) is 1.51. The molecule has 0 bridgehead atoms. The largest absolute Gasteiger partial charge is 0.356 e. The van der Waals surface area contributed by atoms with Gasteiger partial charge >= 0.3 is 0 Å². The molecule has 0 aliphatic carbocycles. The van der Waals surface area contributed by atoms with E-state index in [4.69, 9.17) is 38.4 Å². The lowest BCUT2D eigenvalue weighted by atomic mass is 10.1. The minimum Gasteiger partial charge on any atom is -0.356 e. The van der Waals surface area contributed by atoms with E-state index in [2.05, 4.69) is 5.16 Å². The highest BCUT2D eigenvalue weighted by Gasteiger charge is 2.19. The lowest BCUT2D eigenvalue weighted by Gasteiger charge is -2.00. The van der Waals surface area contributed by atoms with Crippen LogP contribution in [0.5, 0.6) is 0 Å². The van der Waals surface area contributed by atoms with E-state index in [0.717, 1.165) is 0 Å². The average molecular weight is 341 g/mol. The standard InChI is InChI=1S/C11H8Cl3NO3S/c1-6-10(5-19(14,16)17)15-18-11(6)7-2-3-8(12)9(13)4-7/h2-4H,5H2,1H3. The van der Waals surface area contributed by atoms with Crippen LogP contribution in [-0.4, -0.2) is 13.6 Å². The van der Waals surface area contributed by atoms with Crippen LogP contribution in [0.2, 0.25) is 10.0 Å². The Morgan fingerprint density at radius 2 is 1.95 bits per heavy atom. The normalized spacial score (nSPS) is 11.8. The molecule has 8 heteroatoms. The molecule has 0 amide bonds. The van der Waals surface area contributed by atoms with Gasteiger partial charge in [-0.15, -0.1) is 0 Å². The van der Waals surface area contributed by atoms with Crippen molar-refractivity contribution in [3.8, 4) is 11.3 Å². The van der Waals surface area contributed by atoms with E-state index in [1.54, 1.807) is 25.1 Å². The molecule has 0 saturated carbocycles. The fourth-order valence-electron chi connectivity index (χ4n) is 1.57. The van der Waals surface area contributed by atoms with E-state index in [-0.39, 0.29) is 11.4 Å². The Balaban J connectivity index is 2.44. The summed E-state index contributed by atoms with van der Waals surface area (Å²) in [5.74, 6) is 0.0551. The van der Waals surface area contributed by atoms with Gasteiger partial charge in [0.2, 0.25) is 9.05 Å². The molecule has 0 radical (unpaired) electrons. The van der Waals surface area contributed by atoms with Gasteiger partial charge in [-0.3, -0.25) is 0 Å². The lowest BCUT2D eigenvalue weighted by molar-refractivity contribution is 0.425. The number of nitrogens with zero attached hydrogens (tertiary/aromatic N) is 1. The molecule has 0 saturated heterocycles. The monoisotopic (exact) mass is 339 g/mol. The summed E-state index contributed by atoms with van der Waals surface area (Å²) in [5, 5.41) is 4.51. The van der Waals surface area contributed by atoms with Gasteiger partial charge in [0.15, 0.2) is 5.76 Å². The Morgan fingerprint density at radius 3 is 2.53 bits per heavy atom. The van der Waals surface area contributed by atoms with Crippen molar-refractivity contribution in [3.05, 3.63) is 39.5 Å². The first-order valence-corrected chi connectivity index (χ1v) is 8.34. The zero-order valence-corrected chi connectivity index (χ0v) is 12.7. The van der Waals surface area contributed by atoms with Crippen LogP contribution in [0.4, 0.5) is 0 Å². The number of hydrogen-bond donors (Lipinski definition) is 0. The maximum atomic E-state index is 11.0. The van der Waals surface area contributed by atoms with Crippen molar-refractivity contribution in [2.75, 3.05) is 0 Å². The second-order valence-electron chi connectivity index (χ2n) is 3.90. The minimum absolute atomic E-state index is 0.274. The lowest BCUT2D eigenvalue weighted by Crippen LogP contribution is -1.97. The van der Waals surface area contributed by atoms with Crippen molar-refractivity contribution in [2.45, 2.75) is 12.7 Å². The van der Waals surface area contributed by atoms with E-state index in [1.807, 2.05) is 0 Å². The van der Waals surface area contributed by atoms with E-state index >= 15 is 0 Å². The fourth-order valence-corrected chi connectivity index (χ4v) is 2.78. The molecule has 0 aliphatic heterocycles. The molecule has 102 valence electrons. The Kier molecular flexibility index (Phi) is 4.11. The Labute approximate surface area is 124 Å². The number of hydrogen-bond acceptors (Lipinski definition) is 4. The van der Waals surface area contributed by atoms with Crippen LogP contribution in [0, 0.1) is 6.92 Å². The van der Waals surface area contributed by atoms with E-state index < -0.39 is 9.05 Å². The van der Waals surface area contributed by atoms with Crippen LogP contribution in [0.1, 0.15) is 11.3 Å². The van der Waals surface area contributed by atoms with Gasteiger partial charge in [0, 0.05) is 21.8 Å². The molecule has 0 unspecified atom stereocenters. The van der Waals surface area contributed by atoms with Crippen molar-refractivity contribution < 1.29 is 12.9 Å². The first kappa shape index (κ1) is 14.7. The third kappa shape index (κ3) is 3.42. The molecule has 0 atom stereocenters. The highest BCUT2D eigenvalue weighted by molar-refractivity contribution is 8.13. The summed E-state index contributed by atoms with van der Waals surface area (Å²) in [4.78, 5) is 0. The third-order valence-electron chi connectivity index (χ3n) is 2.51. The molecule has 2 aromatic rings. The molecule has 19 heavy (non-hydrogen) atoms. The molecule has 4 nitrogen and oxygen atoms in total. The van der Waals surface area contributed by atoms with Crippen LogP contribution in [-0.2, 0) is 14.8 Å². The zero-order chi connectivity index (χ0) is 14.2. The second-order valence-corrected chi connectivity index (χ2v) is 7.49. The number of aromatic nitrogens is 1. The highest BCUT2D eigenvalue weighted by atomic mass is 35.7. The first-order valence-electron chi connectivity index (χ1n) is 5.11. The summed E-state index contributed by atoms with van der Waals surface area (Å²) < 4.78 is 27.2. The van der Waals surface area contributed by atoms with Crippen LogP contribution in [0.25, 0.3) is 11.3 Å². The number of rotatable bonds is 3. The van der Waals surface area contributed by atoms with Crippen LogP contribution >= 0.6 is 33.9 Å². The van der Waals surface area contributed by atoms with Crippen molar-refractivity contribution in [1.82, 2.24) is 5.16 Å². The van der Waals surface area contributed by atoms with Gasteiger partial charge in [-0.1, -0.05) is 28.4 Å². The summed E-state index contributed by atoms with van der Waals surface area (Å²) in [5.41, 5.74) is 1.54. The van der Waals surface area contributed by atoms with Gasteiger partial charge in [0.05, 0.1) is 10.0 Å². The molecule has 1 aromatic carbocycles. The molecular formula is C11H8Cl3NO3S. The van der Waals surface area contributed by atoms with Crippen molar-refractivity contribution in [3.63, 3.8) is 0 Å².